The van der Waals surface area contributed by atoms with Crippen molar-refractivity contribution >= 4 is 34.0 Å². The van der Waals surface area contributed by atoms with Gasteiger partial charge in [0.1, 0.15) is 0 Å². The molecule has 0 aliphatic heterocycles. The monoisotopic (exact) mass is 307 g/mol. The lowest BCUT2D eigenvalue weighted by molar-refractivity contribution is 0.102. The van der Waals surface area contributed by atoms with Crippen molar-refractivity contribution in [3.8, 4) is 0 Å². The number of carbonyl (C=O) groups excluding carboxylic acids is 1. The van der Waals surface area contributed by atoms with Crippen molar-refractivity contribution in [2.45, 2.75) is 30.6 Å². The van der Waals surface area contributed by atoms with E-state index in [0.29, 0.717) is 5.75 Å². The van der Waals surface area contributed by atoms with Crippen LogP contribution in [0.5, 0.6) is 0 Å². The molecule has 0 radical (unpaired) electrons. The fraction of sp³-hybridized carbons (Fsp3) is 0.357. The number of rotatable bonds is 5. The minimum Gasteiger partial charge on any atom is -0.355 e. The smallest absolute Gasteiger partial charge is 0.206 e. The van der Waals surface area contributed by atoms with Gasteiger partial charge in [-0.25, -0.2) is 0 Å². The summed E-state index contributed by atoms with van der Waals surface area (Å²) in [6.45, 7) is 6.21. The Hall–Kier alpha value is -1.40. The Bertz CT molecular complexity index is 576. The second-order valence-electron chi connectivity index (χ2n) is 5.33. The first-order valence-corrected chi connectivity index (χ1v) is 8.07. The summed E-state index contributed by atoms with van der Waals surface area (Å²) in [5, 5.41) is 12.2. The number of thioether (sulfide) groups is 1. The second kappa shape index (κ2) is 6.37. The molecule has 1 heterocycles. The molecular weight excluding hydrogens is 290 g/mol. The summed E-state index contributed by atoms with van der Waals surface area (Å²) < 4.78 is 0.807. The number of aromatic nitrogens is 2. The Morgan fingerprint density at radius 3 is 2.60 bits per heavy atom. The normalized spacial score (nSPS) is 11.3. The van der Waals surface area contributed by atoms with Gasteiger partial charge in [0.25, 0.3) is 0 Å². The van der Waals surface area contributed by atoms with Crippen LogP contribution in [0.3, 0.4) is 0 Å². The Balaban J connectivity index is 1.90. The van der Waals surface area contributed by atoms with Crippen LogP contribution in [0.1, 0.15) is 31.1 Å². The highest BCUT2D eigenvalue weighted by Crippen LogP contribution is 2.27. The number of anilines is 1. The Kier molecular flexibility index (Phi) is 4.77. The van der Waals surface area contributed by atoms with Crippen LogP contribution in [-0.2, 0) is 0 Å². The predicted molar refractivity (Wildman–Crippen MR) is 84.8 cm³/mol. The van der Waals surface area contributed by atoms with Crippen LogP contribution in [0.2, 0.25) is 0 Å². The summed E-state index contributed by atoms with van der Waals surface area (Å²) >= 11 is 2.90. The van der Waals surface area contributed by atoms with Gasteiger partial charge >= 0.3 is 0 Å². The van der Waals surface area contributed by atoms with Crippen molar-refractivity contribution in [2.24, 2.45) is 0 Å². The van der Waals surface area contributed by atoms with E-state index in [1.54, 1.807) is 0 Å². The van der Waals surface area contributed by atoms with E-state index in [4.69, 9.17) is 0 Å². The number of nitrogens with one attached hydrogen (secondary N) is 1. The molecule has 20 heavy (non-hydrogen) atoms. The van der Waals surface area contributed by atoms with Crippen molar-refractivity contribution in [3.63, 3.8) is 0 Å². The minimum absolute atomic E-state index is 0.0403. The van der Waals surface area contributed by atoms with Crippen molar-refractivity contribution in [3.05, 3.63) is 35.9 Å². The van der Waals surface area contributed by atoms with Crippen LogP contribution in [0.25, 0.3) is 0 Å². The van der Waals surface area contributed by atoms with Gasteiger partial charge in [0.2, 0.25) is 5.13 Å². The summed E-state index contributed by atoms with van der Waals surface area (Å²) in [7, 11) is 0. The standard InChI is InChI=1S/C14H17N3OS2/c1-14(2,3)15-12-16-17-13(20-12)19-9-11(18)10-7-5-4-6-8-10/h4-8H,9H2,1-3H3,(H,15,16). The largest absolute Gasteiger partial charge is 0.355 e. The summed E-state index contributed by atoms with van der Waals surface area (Å²) in [4.78, 5) is 12.0. The molecule has 0 aliphatic carbocycles. The van der Waals surface area contributed by atoms with E-state index in [1.165, 1.54) is 23.1 Å². The Labute approximate surface area is 127 Å². The average molecular weight is 307 g/mol. The molecule has 2 rings (SSSR count). The molecule has 0 spiro atoms. The van der Waals surface area contributed by atoms with Gasteiger partial charge in [0.15, 0.2) is 10.1 Å². The number of carbonyl (C=O) groups is 1. The maximum atomic E-state index is 12.0. The van der Waals surface area contributed by atoms with E-state index >= 15 is 0 Å². The van der Waals surface area contributed by atoms with E-state index in [2.05, 4.69) is 36.3 Å². The molecule has 4 nitrogen and oxygen atoms in total. The van der Waals surface area contributed by atoms with Gasteiger partial charge in [-0.15, -0.1) is 10.2 Å². The molecule has 0 bridgehead atoms. The van der Waals surface area contributed by atoms with Gasteiger partial charge < -0.3 is 5.32 Å². The van der Waals surface area contributed by atoms with Crippen LogP contribution in [0, 0.1) is 0 Å². The van der Waals surface area contributed by atoms with Crippen LogP contribution < -0.4 is 5.32 Å². The summed E-state index contributed by atoms with van der Waals surface area (Å²) in [6, 6.07) is 9.30. The fourth-order valence-corrected chi connectivity index (χ4v) is 3.33. The number of ketones is 1. The fourth-order valence-electron chi connectivity index (χ4n) is 1.47. The number of nitrogens with zero attached hydrogens (tertiary/aromatic N) is 2. The molecule has 106 valence electrons. The summed E-state index contributed by atoms with van der Waals surface area (Å²) in [6.07, 6.45) is 0. The Morgan fingerprint density at radius 1 is 1.25 bits per heavy atom. The lowest BCUT2D eigenvalue weighted by atomic mass is 10.1. The molecule has 0 unspecified atom stereocenters. The molecule has 0 saturated heterocycles. The molecule has 0 fully saturated rings. The van der Waals surface area contributed by atoms with E-state index in [0.717, 1.165) is 15.0 Å². The van der Waals surface area contributed by atoms with Crippen LogP contribution in [-0.4, -0.2) is 27.3 Å². The average Bonchev–Trinajstić information content (AvgIpc) is 2.82. The third-order valence-corrected chi connectivity index (χ3v) is 4.28. The molecule has 1 aromatic carbocycles. The number of benzene rings is 1. The molecule has 0 aliphatic rings. The first-order chi connectivity index (χ1) is 9.44. The van der Waals surface area contributed by atoms with Gasteiger partial charge in [0.05, 0.1) is 5.75 Å². The maximum absolute atomic E-state index is 12.0. The van der Waals surface area contributed by atoms with E-state index in [-0.39, 0.29) is 11.3 Å². The highest BCUT2D eigenvalue weighted by Gasteiger charge is 2.14. The number of Topliss-reactive ketones (excluding diaryl/α,β-unsaturated/α-hetero) is 1. The quantitative estimate of drug-likeness (QED) is 0.674. The summed E-state index contributed by atoms with van der Waals surface area (Å²) in [5.74, 6) is 0.491. The van der Waals surface area contributed by atoms with Crippen molar-refractivity contribution < 1.29 is 4.79 Å². The first-order valence-electron chi connectivity index (χ1n) is 6.27. The zero-order chi connectivity index (χ0) is 14.6. The van der Waals surface area contributed by atoms with E-state index < -0.39 is 0 Å². The van der Waals surface area contributed by atoms with Gasteiger partial charge in [-0.3, -0.25) is 4.79 Å². The van der Waals surface area contributed by atoms with Gasteiger partial charge in [-0.1, -0.05) is 53.4 Å². The second-order valence-corrected chi connectivity index (χ2v) is 7.53. The Morgan fingerprint density at radius 2 is 1.95 bits per heavy atom. The third-order valence-electron chi connectivity index (χ3n) is 2.31. The SMILES string of the molecule is CC(C)(C)Nc1nnc(SCC(=O)c2ccccc2)s1. The van der Waals surface area contributed by atoms with Gasteiger partial charge in [-0.05, 0) is 20.8 Å². The van der Waals surface area contributed by atoms with E-state index in [1.807, 2.05) is 30.3 Å². The molecule has 1 aromatic heterocycles. The summed E-state index contributed by atoms with van der Waals surface area (Å²) in [5.41, 5.74) is 0.693. The predicted octanol–water partition coefficient (Wildman–Crippen LogP) is 3.72. The molecule has 0 amide bonds. The third kappa shape index (κ3) is 4.61. The van der Waals surface area contributed by atoms with Crippen LogP contribution >= 0.6 is 23.1 Å². The topological polar surface area (TPSA) is 54.9 Å². The van der Waals surface area contributed by atoms with Crippen LogP contribution in [0.15, 0.2) is 34.7 Å². The minimum atomic E-state index is -0.0403. The lowest BCUT2D eigenvalue weighted by Gasteiger charge is -2.18. The van der Waals surface area contributed by atoms with Crippen molar-refractivity contribution in [1.82, 2.24) is 10.2 Å². The number of hydrogen-bond acceptors (Lipinski definition) is 6. The van der Waals surface area contributed by atoms with Crippen molar-refractivity contribution in [2.75, 3.05) is 11.1 Å². The zero-order valence-electron chi connectivity index (χ0n) is 11.7. The molecule has 0 saturated carbocycles. The molecule has 6 heteroatoms. The van der Waals surface area contributed by atoms with Gasteiger partial charge in [0, 0.05) is 11.1 Å². The number of hydrogen-bond donors (Lipinski definition) is 1. The molecule has 2 aromatic rings. The van der Waals surface area contributed by atoms with E-state index in [9.17, 15) is 4.79 Å². The molecule has 0 atom stereocenters. The molecule has 1 N–H and O–H groups in total. The lowest BCUT2D eigenvalue weighted by Crippen LogP contribution is -2.25. The van der Waals surface area contributed by atoms with Crippen molar-refractivity contribution in [1.29, 1.82) is 0 Å². The van der Waals surface area contributed by atoms with Crippen LogP contribution in [0.4, 0.5) is 5.13 Å². The highest BCUT2D eigenvalue weighted by molar-refractivity contribution is 8.01. The van der Waals surface area contributed by atoms with Gasteiger partial charge in [-0.2, -0.15) is 0 Å². The maximum Gasteiger partial charge on any atom is 0.206 e. The zero-order valence-corrected chi connectivity index (χ0v) is 13.3. The molecular formula is C14H17N3OS2. The first kappa shape index (κ1) is 15.0. The highest BCUT2D eigenvalue weighted by atomic mass is 32.2.